The third kappa shape index (κ3) is 8.17. The summed E-state index contributed by atoms with van der Waals surface area (Å²) >= 11 is 0. The summed E-state index contributed by atoms with van der Waals surface area (Å²) in [5, 5.41) is 2.78. The smallest absolute Gasteiger partial charge is 0.407 e. The highest BCUT2D eigenvalue weighted by molar-refractivity contribution is 5.67. The molecule has 5 heteroatoms. The van der Waals surface area contributed by atoms with Crippen molar-refractivity contribution in [3.8, 4) is 5.75 Å². The van der Waals surface area contributed by atoms with Crippen molar-refractivity contribution in [1.82, 2.24) is 5.32 Å². The number of amides is 1. The minimum absolute atomic E-state index is 0.0108. The van der Waals surface area contributed by atoms with E-state index in [1.165, 1.54) is 12.1 Å². The zero-order valence-electron chi connectivity index (χ0n) is 13.1. The van der Waals surface area contributed by atoms with Gasteiger partial charge in [-0.2, -0.15) is 0 Å². The Kier molecular flexibility index (Phi) is 6.46. The molecular weight excluding hydrogens is 273 g/mol. The number of ether oxygens (including phenoxy) is 2. The molecule has 21 heavy (non-hydrogen) atoms. The summed E-state index contributed by atoms with van der Waals surface area (Å²) < 4.78 is 23.4. The fourth-order valence-corrected chi connectivity index (χ4v) is 1.69. The lowest BCUT2D eigenvalue weighted by Gasteiger charge is -2.22. The highest BCUT2D eigenvalue weighted by atomic mass is 19.1. The van der Waals surface area contributed by atoms with E-state index in [1.54, 1.807) is 12.1 Å². The van der Waals surface area contributed by atoms with Gasteiger partial charge in [-0.15, -0.1) is 0 Å². The van der Waals surface area contributed by atoms with Gasteiger partial charge in [0.1, 0.15) is 17.2 Å². The van der Waals surface area contributed by atoms with E-state index in [1.807, 2.05) is 27.7 Å². The van der Waals surface area contributed by atoms with Crippen molar-refractivity contribution in [1.29, 1.82) is 0 Å². The van der Waals surface area contributed by atoms with Gasteiger partial charge in [-0.1, -0.05) is 0 Å². The molecule has 1 amide bonds. The Hall–Kier alpha value is -1.78. The van der Waals surface area contributed by atoms with E-state index >= 15 is 0 Å². The molecule has 1 N–H and O–H groups in total. The Morgan fingerprint density at radius 2 is 1.90 bits per heavy atom. The van der Waals surface area contributed by atoms with Crippen LogP contribution < -0.4 is 10.1 Å². The van der Waals surface area contributed by atoms with Crippen molar-refractivity contribution >= 4 is 6.09 Å². The van der Waals surface area contributed by atoms with Crippen LogP contribution in [0.4, 0.5) is 9.18 Å². The molecule has 1 rings (SSSR count). The molecule has 0 heterocycles. The molecule has 0 saturated heterocycles. The molecule has 0 aromatic heterocycles. The van der Waals surface area contributed by atoms with Crippen LogP contribution in [-0.2, 0) is 4.74 Å². The molecule has 118 valence electrons. The fourth-order valence-electron chi connectivity index (χ4n) is 1.69. The molecule has 0 fully saturated rings. The van der Waals surface area contributed by atoms with Gasteiger partial charge in [0.25, 0.3) is 0 Å². The van der Waals surface area contributed by atoms with Crippen LogP contribution in [0.3, 0.4) is 0 Å². The van der Waals surface area contributed by atoms with Gasteiger partial charge in [-0.05, 0) is 64.8 Å². The Morgan fingerprint density at radius 3 is 2.48 bits per heavy atom. The first kappa shape index (κ1) is 17.3. The van der Waals surface area contributed by atoms with E-state index < -0.39 is 11.7 Å². The lowest BCUT2D eigenvalue weighted by Crippen LogP contribution is -2.37. The third-order valence-corrected chi connectivity index (χ3v) is 2.63. The lowest BCUT2D eigenvalue weighted by molar-refractivity contribution is 0.0505. The molecule has 0 spiro atoms. The molecule has 0 saturated carbocycles. The SMILES string of the molecule is CC(CCCOc1ccc(F)cc1)NC(=O)OC(C)(C)C. The molecule has 1 aromatic rings. The van der Waals surface area contributed by atoms with Gasteiger partial charge in [-0.3, -0.25) is 0 Å². The zero-order valence-corrected chi connectivity index (χ0v) is 13.1. The van der Waals surface area contributed by atoms with E-state index in [4.69, 9.17) is 9.47 Å². The van der Waals surface area contributed by atoms with Crippen LogP contribution in [0.25, 0.3) is 0 Å². The predicted molar refractivity (Wildman–Crippen MR) is 80.0 cm³/mol. The average Bonchev–Trinajstić information content (AvgIpc) is 2.34. The number of hydrogen-bond acceptors (Lipinski definition) is 3. The fraction of sp³-hybridized carbons (Fsp3) is 0.562. The monoisotopic (exact) mass is 297 g/mol. The van der Waals surface area contributed by atoms with Gasteiger partial charge in [-0.25, -0.2) is 9.18 Å². The van der Waals surface area contributed by atoms with Crippen molar-refractivity contribution in [2.45, 2.75) is 52.2 Å². The summed E-state index contributed by atoms with van der Waals surface area (Å²) in [6.45, 7) is 7.92. The van der Waals surface area contributed by atoms with Crippen LogP contribution >= 0.6 is 0 Å². The van der Waals surface area contributed by atoms with Crippen molar-refractivity contribution in [3.05, 3.63) is 30.1 Å². The van der Waals surface area contributed by atoms with Gasteiger partial charge in [0.2, 0.25) is 0 Å². The number of alkyl carbamates (subject to hydrolysis) is 1. The molecule has 0 aliphatic heterocycles. The van der Waals surface area contributed by atoms with Gasteiger partial charge in [0, 0.05) is 6.04 Å². The minimum atomic E-state index is -0.491. The topological polar surface area (TPSA) is 47.6 Å². The first-order valence-corrected chi connectivity index (χ1v) is 7.14. The minimum Gasteiger partial charge on any atom is -0.494 e. The second-order valence-electron chi connectivity index (χ2n) is 5.99. The highest BCUT2D eigenvalue weighted by Gasteiger charge is 2.17. The largest absolute Gasteiger partial charge is 0.494 e. The van der Waals surface area contributed by atoms with E-state index in [2.05, 4.69) is 5.32 Å². The zero-order chi connectivity index (χ0) is 15.9. The Morgan fingerprint density at radius 1 is 1.29 bits per heavy atom. The van der Waals surface area contributed by atoms with Crippen molar-refractivity contribution in [2.75, 3.05) is 6.61 Å². The maximum atomic E-state index is 12.7. The lowest BCUT2D eigenvalue weighted by atomic mass is 10.2. The Balaban J connectivity index is 2.17. The number of carbonyl (C=O) groups excluding carboxylic acids is 1. The molecular formula is C16H24FNO3. The molecule has 0 aliphatic rings. The first-order valence-electron chi connectivity index (χ1n) is 7.14. The van der Waals surface area contributed by atoms with E-state index in [0.29, 0.717) is 12.4 Å². The van der Waals surface area contributed by atoms with Crippen LogP contribution in [0.2, 0.25) is 0 Å². The molecule has 0 aliphatic carbocycles. The second kappa shape index (κ2) is 7.86. The summed E-state index contributed by atoms with van der Waals surface area (Å²) in [5.41, 5.74) is -0.491. The van der Waals surface area contributed by atoms with Crippen LogP contribution in [0, 0.1) is 5.82 Å². The van der Waals surface area contributed by atoms with Crippen LogP contribution in [0.5, 0.6) is 5.75 Å². The van der Waals surface area contributed by atoms with E-state index in [0.717, 1.165) is 12.8 Å². The summed E-state index contributed by atoms with van der Waals surface area (Å²) in [7, 11) is 0. The molecule has 1 unspecified atom stereocenters. The number of benzene rings is 1. The number of rotatable bonds is 6. The number of hydrogen-bond donors (Lipinski definition) is 1. The first-order chi connectivity index (χ1) is 9.76. The normalized spacial score (nSPS) is 12.6. The van der Waals surface area contributed by atoms with Crippen molar-refractivity contribution < 1.29 is 18.7 Å². The predicted octanol–water partition coefficient (Wildman–Crippen LogP) is 3.90. The van der Waals surface area contributed by atoms with Gasteiger partial charge in [0.05, 0.1) is 6.61 Å². The maximum Gasteiger partial charge on any atom is 0.407 e. The second-order valence-corrected chi connectivity index (χ2v) is 5.99. The summed E-state index contributed by atoms with van der Waals surface area (Å²) in [6, 6.07) is 5.93. The van der Waals surface area contributed by atoms with Crippen molar-refractivity contribution in [2.24, 2.45) is 0 Å². The van der Waals surface area contributed by atoms with Crippen LogP contribution in [-0.4, -0.2) is 24.3 Å². The molecule has 0 bridgehead atoms. The average molecular weight is 297 g/mol. The maximum absolute atomic E-state index is 12.7. The van der Waals surface area contributed by atoms with Gasteiger partial charge < -0.3 is 14.8 Å². The molecule has 1 aromatic carbocycles. The van der Waals surface area contributed by atoms with Crippen LogP contribution in [0.1, 0.15) is 40.5 Å². The molecule has 1 atom stereocenters. The van der Waals surface area contributed by atoms with Gasteiger partial charge >= 0.3 is 6.09 Å². The number of nitrogens with one attached hydrogen (secondary N) is 1. The standard InChI is InChI=1S/C16H24FNO3/c1-12(18-15(19)21-16(2,3)4)6-5-11-20-14-9-7-13(17)8-10-14/h7-10,12H,5-6,11H2,1-4H3,(H,18,19). The Labute approximate surface area is 125 Å². The van der Waals surface area contributed by atoms with Gasteiger partial charge in [0.15, 0.2) is 0 Å². The van der Waals surface area contributed by atoms with E-state index in [9.17, 15) is 9.18 Å². The number of carbonyl (C=O) groups is 1. The highest BCUT2D eigenvalue weighted by Crippen LogP contribution is 2.12. The number of halogens is 1. The quantitative estimate of drug-likeness (QED) is 0.810. The Bertz CT molecular complexity index is 440. The van der Waals surface area contributed by atoms with E-state index in [-0.39, 0.29) is 11.9 Å². The molecule has 4 nitrogen and oxygen atoms in total. The summed E-state index contributed by atoms with van der Waals surface area (Å²) in [6.07, 6.45) is 1.16. The third-order valence-electron chi connectivity index (χ3n) is 2.63. The molecule has 0 radical (unpaired) electrons. The summed E-state index contributed by atoms with van der Waals surface area (Å²) in [4.78, 5) is 11.6. The van der Waals surface area contributed by atoms with Crippen LogP contribution in [0.15, 0.2) is 24.3 Å². The van der Waals surface area contributed by atoms with Crippen molar-refractivity contribution in [3.63, 3.8) is 0 Å². The summed E-state index contributed by atoms with van der Waals surface area (Å²) in [5.74, 6) is 0.363.